The van der Waals surface area contributed by atoms with Crippen LogP contribution >= 0.6 is 0 Å². The number of pyridine rings is 3. The first kappa shape index (κ1) is 53.5. The molecule has 80 heavy (non-hydrogen) atoms. The number of aromatic nitrogens is 3. The molecule has 0 aliphatic heterocycles. The highest BCUT2D eigenvalue weighted by Crippen LogP contribution is 2.43. The number of aryl methyl sites for hydroxylation is 1. The van der Waals surface area contributed by atoms with Crippen LogP contribution in [0.3, 0.4) is 0 Å². The molecule has 3 heterocycles. The zero-order valence-electron chi connectivity index (χ0n) is 46.4. The van der Waals surface area contributed by atoms with Crippen LogP contribution in [0.1, 0.15) is 58.2 Å². The van der Waals surface area contributed by atoms with Crippen LogP contribution in [0, 0.1) is 6.92 Å². The van der Waals surface area contributed by atoms with Crippen molar-refractivity contribution in [1.82, 2.24) is 15.0 Å². The van der Waals surface area contributed by atoms with E-state index in [1.165, 1.54) is 11.1 Å². The van der Waals surface area contributed by atoms with Crippen LogP contribution in [0.2, 0.25) is 0 Å². The maximum absolute atomic E-state index is 6.46. The van der Waals surface area contributed by atoms with Crippen molar-refractivity contribution in [3.05, 3.63) is 229 Å². The number of nitrogens with zero attached hydrogens (tertiary/aromatic N) is 3. The Labute approximate surface area is 479 Å². The molecule has 0 saturated carbocycles. The van der Waals surface area contributed by atoms with Crippen molar-refractivity contribution in [2.24, 2.45) is 0 Å². The third-order valence-corrected chi connectivity index (χ3v) is 15.5. The Balaban J connectivity index is 1.00. The summed E-state index contributed by atoms with van der Waals surface area (Å²) in [6.45, 7) is 15.4. The first-order chi connectivity index (χ1) is 38.4. The zero-order valence-corrected chi connectivity index (χ0v) is 46.4. The SMILES string of the molecule is [B]c1c([B])c([B])c(-c2cnc(-c3ccc(-c4ccccc4-c4cc(-c5ccccc5-c5ccc(-c6cc(C(C)(C)C)ccn6)cc5)cc(-c5ccccc5-c5ccc(-c6cc(C(C)(C)C)ccn6)cc5)c4)cc3)cc2C)c([B])c1[B]. The van der Waals surface area contributed by atoms with Gasteiger partial charge in [0.2, 0.25) is 0 Å². The van der Waals surface area contributed by atoms with E-state index in [1.54, 1.807) is 6.20 Å². The van der Waals surface area contributed by atoms with Crippen molar-refractivity contribution in [1.29, 1.82) is 0 Å². The Kier molecular flexibility index (Phi) is 14.5. The van der Waals surface area contributed by atoms with Gasteiger partial charge in [-0.15, -0.1) is 16.4 Å². The molecule has 11 aromatic rings. The van der Waals surface area contributed by atoms with E-state index in [1.807, 2.05) is 25.4 Å². The van der Waals surface area contributed by atoms with Crippen LogP contribution in [-0.2, 0) is 10.8 Å². The van der Waals surface area contributed by atoms with E-state index >= 15 is 0 Å². The molecule has 0 fully saturated rings. The first-order valence-corrected chi connectivity index (χ1v) is 27.1. The third kappa shape index (κ3) is 10.6. The molecule has 0 N–H and O–H groups in total. The second-order valence-corrected chi connectivity index (χ2v) is 22.9. The second-order valence-electron chi connectivity index (χ2n) is 22.9. The molecule has 374 valence electrons. The highest BCUT2D eigenvalue weighted by atomic mass is 14.7. The van der Waals surface area contributed by atoms with Gasteiger partial charge in [0, 0.05) is 40.8 Å². The molecular formula is C72H56B5N3. The predicted octanol–water partition coefficient (Wildman–Crippen LogP) is 13.4. The monoisotopic (exact) mass is 1020 g/mol. The predicted molar refractivity (Wildman–Crippen MR) is 343 cm³/mol. The molecule has 0 spiro atoms. The Morgan fingerprint density at radius 2 is 0.575 bits per heavy atom. The Hall–Kier alpha value is -8.47. The molecule has 0 atom stereocenters. The van der Waals surface area contributed by atoms with E-state index in [2.05, 4.69) is 230 Å². The lowest BCUT2D eigenvalue weighted by atomic mass is 9.59. The van der Waals surface area contributed by atoms with Crippen LogP contribution < -0.4 is 27.3 Å². The molecule has 0 aliphatic rings. The van der Waals surface area contributed by atoms with E-state index < -0.39 is 0 Å². The third-order valence-electron chi connectivity index (χ3n) is 15.5. The number of rotatable bonds is 10. The molecule has 10 radical (unpaired) electrons. The molecule has 3 aromatic heterocycles. The molecule has 8 heteroatoms. The zero-order chi connectivity index (χ0) is 56.0. The summed E-state index contributed by atoms with van der Waals surface area (Å²) < 4.78 is 0. The smallest absolute Gasteiger partial charge is 0.113 e. The average Bonchev–Trinajstić information content (AvgIpc) is 3.55. The fourth-order valence-electron chi connectivity index (χ4n) is 10.7. The number of benzene rings is 8. The number of hydrogen-bond donors (Lipinski definition) is 0. The molecule has 0 unspecified atom stereocenters. The van der Waals surface area contributed by atoms with Gasteiger partial charge in [-0.2, -0.15) is 0 Å². The summed E-state index contributed by atoms with van der Waals surface area (Å²) in [6, 6.07) is 70.1. The van der Waals surface area contributed by atoms with E-state index in [4.69, 9.17) is 54.2 Å². The highest BCUT2D eigenvalue weighted by molar-refractivity contribution is 6.68. The van der Waals surface area contributed by atoms with Gasteiger partial charge in [-0.05, 0) is 155 Å². The highest BCUT2D eigenvalue weighted by Gasteiger charge is 2.20. The minimum absolute atomic E-state index is 0.0157. The summed E-state index contributed by atoms with van der Waals surface area (Å²) >= 11 is 0. The van der Waals surface area contributed by atoms with E-state index in [-0.39, 0.29) is 38.1 Å². The van der Waals surface area contributed by atoms with Gasteiger partial charge in [-0.1, -0.05) is 198 Å². The van der Waals surface area contributed by atoms with Gasteiger partial charge >= 0.3 is 0 Å². The summed E-state index contributed by atoms with van der Waals surface area (Å²) in [4.78, 5) is 14.4. The molecule has 0 aliphatic carbocycles. The topological polar surface area (TPSA) is 38.7 Å². The largest absolute Gasteiger partial charge is 0.256 e. The van der Waals surface area contributed by atoms with Crippen LogP contribution in [-0.4, -0.2) is 54.2 Å². The Morgan fingerprint density at radius 3 is 0.887 bits per heavy atom. The molecular weight excluding hydrogens is 961 g/mol. The molecule has 0 saturated heterocycles. The van der Waals surface area contributed by atoms with E-state index in [9.17, 15) is 0 Å². The van der Waals surface area contributed by atoms with E-state index in [0.29, 0.717) is 5.56 Å². The lowest BCUT2D eigenvalue weighted by molar-refractivity contribution is 0.589. The maximum atomic E-state index is 6.46. The lowest BCUT2D eigenvalue weighted by Crippen LogP contribution is -2.55. The summed E-state index contributed by atoms with van der Waals surface area (Å²) in [5, 5.41) is 0. The van der Waals surface area contributed by atoms with E-state index in [0.717, 1.165) is 112 Å². The molecule has 0 amide bonds. The summed E-state index contributed by atoms with van der Waals surface area (Å²) in [6.07, 6.45) is 5.60. The van der Waals surface area contributed by atoms with Gasteiger partial charge in [-0.3, -0.25) is 15.0 Å². The van der Waals surface area contributed by atoms with Crippen molar-refractivity contribution in [2.75, 3.05) is 0 Å². The van der Waals surface area contributed by atoms with Gasteiger partial charge < -0.3 is 0 Å². The minimum atomic E-state index is 0.0157. The minimum Gasteiger partial charge on any atom is -0.256 e. The lowest BCUT2D eigenvalue weighted by Gasteiger charge is -2.22. The first-order valence-electron chi connectivity index (χ1n) is 27.1. The Morgan fingerprint density at radius 1 is 0.287 bits per heavy atom. The maximum Gasteiger partial charge on any atom is 0.113 e. The quantitative estimate of drug-likeness (QED) is 0.128. The van der Waals surface area contributed by atoms with Gasteiger partial charge in [0.1, 0.15) is 39.2 Å². The van der Waals surface area contributed by atoms with Gasteiger partial charge in [0.05, 0.1) is 17.1 Å². The number of hydrogen-bond acceptors (Lipinski definition) is 3. The molecule has 8 aromatic carbocycles. The molecule has 0 bridgehead atoms. The molecule has 11 rings (SSSR count). The van der Waals surface area contributed by atoms with Gasteiger partial charge in [0.25, 0.3) is 0 Å². The van der Waals surface area contributed by atoms with Crippen molar-refractivity contribution < 1.29 is 0 Å². The van der Waals surface area contributed by atoms with Crippen LogP contribution in [0.15, 0.2) is 213 Å². The van der Waals surface area contributed by atoms with Crippen molar-refractivity contribution in [3.8, 4) is 112 Å². The Bertz CT molecular complexity index is 3940. The van der Waals surface area contributed by atoms with Crippen molar-refractivity contribution in [2.45, 2.75) is 59.3 Å². The van der Waals surface area contributed by atoms with Crippen molar-refractivity contribution >= 4 is 66.5 Å². The van der Waals surface area contributed by atoms with Gasteiger partial charge in [0.15, 0.2) is 0 Å². The standard InChI is InChI=1S/C72H56B5N3/c1-43-36-62(80-42-61(43)65-66(73)68(75)70(77)69(76)67(65)74)47-26-20-44(21-27-47)55-14-8-11-17-58(55)50-37-51(59-18-12-9-15-56(59)45-22-28-48(29-23-45)63-40-53(32-34-78-63)71(2,3)4)39-52(38-50)60-19-13-10-16-57(60)46-24-30-49(31-25-46)64-41-54(33-35-79-64)72(5,6)7/h8-42H,1-7H3. The fraction of sp³-hybridized carbons (Fsp3) is 0.125. The fourth-order valence-corrected chi connectivity index (χ4v) is 10.7. The van der Waals surface area contributed by atoms with Gasteiger partial charge in [-0.25, -0.2) is 0 Å². The summed E-state index contributed by atoms with van der Waals surface area (Å²) in [5.41, 5.74) is 25.1. The second kappa shape index (κ2) is 21.6. The summed E-state index contributed by atoms with van der Waals surface area (Å²) in [7, 11) is 31.5. The van der Waals surface area contributed by atoms with Crippen molar-refractivity contribution in [3.63, 3.8) is 0 Å². The normalized spacial score (nSPS) is 11.7. The summed E-state index contributed by atoms with van der Waals surface area (Å²) in [5.74, 6) is 0. The van der Waals surface area contributed by atoms with Crippen LogP contribution in [0.25, 0.3) is 112 Å². The van der Waals surface area contributed by atoms with Crippen LogP contribution in [0.4, 0.5) is 0 Å². The van der Waals surface area contributed by atoms with Crippen LogP contribution in [0.5, 0.6) is 0 Å². The average molecular weight is 1020 g/mol. The molecule has 3 nitrogen and oxygen atoms in total.